The van der Waals surface area contributed by atoms with Crippen molar-refractivity contribution in [2.45, 2.75) is 19.5 Å². The predicted molar refractivity (Wildman–Crippen MR) is 89.5 cm³/mol. The van der Waals surface area contributed by atoms with Gasteiger partial charge >= 0.3 is 0 Å². The molecule has 2 aromatic carbocycles. The Hall–Kier alpha value is -1.77. The van der Waals surface area contributed by atoms with Gasteiger partial charge in [-0.1, -0.05) is 30.3 Å². The van der Waals surface area contributed by atoms with E-state index in [2.05, 4.69) is 60.5 Å². The van der Waals surface area contributed by atoms with Gasteiger partial charge < -0.3 is 10.3 Å². The van der Waals surface area contributed by atoms with Gasteiger partial charge in [-0.2, -0.15) is 0 Å². The Morgan fingerprint density at radius 3 is 2.55 bits per heavy atom. The van der Waals surface area contributed by atoms with E-state index in [0.29, 0.717) is 0 Å². The van der Waals surface area contributed by atoms with Crippen molar-refractivity contribution in [1.82, 2.24) is 4.57 Å². The highest BCUT2D eigenvalue weighted by molar-refractivity contribution is 6.08. The van der Waals surface area contributed by atoms with Crippen LogP contribution in [0.1, 0.15) is 18.5 Å². The minimum Gasteiger partial charge on any atom is -0.341 e. The zero-order chi connectivity index (χ0) is 13.4. The average molecular weight is 287 g/mol. The van der Waals surface area contributed by atoms with Crippen LogP contribution in [0.15, 0.2) is 55.1 Å². The normalized spacial score (nSPS) is 12.3. The van der Waals surface area contributed by atoms with Gasteiger partial charge in [0.15, 0.2) is 0 Å². The Labute approximate surface area is 125 Å². The molecule has 0 radical (unpaired) electrons. The summed E-state index contributed by atoms with van der Waals surface area (Å²) in [6.07, 6.45) is 1.78. The van der Waals surface area contributed by atoms with Crippen LogP contribution in [0, 0.1) is 0 Å². The third-order valence-corrected chi connectivity index (χ3v) is 3.75. The average Bonchev–Trinajstić information content (AvgIpc) is 2.79. The Balaban J connectivity index is 0.00000147. The van der Waals surface area contributed by atoms with Crippen molar-refractivity contribution in [1.29, 1.82) is 0 Å². The van der Waals surface area contributed by atoms with Crippen LogP contribution < -0.4 is 5.73 Å². The summed E-state index contributed by atoms with van der Waals surface area (Å²) in [5.74, 6) is 0. The van der Waals surface area contributed by atoms with Crippen LogP contribution in [-0.4, -0.2) is 4.57 Å². The molecular weight excluding hydrogens is 268 g/mol. The number of nitrogens with two attached hydrogens (primary N) is 1. The van der Waals surface area contributed by atoms with Crippen molar-refractivity contribution in [3.63, 3.8) is 0 Å². The van der Waals surface area contributed by atoms with E-state index >= 15 is 0 Å². The molecule has 0 saturated heterocycles. The first-order valence-electron chi connectivity index (χ1n) is 6.65. The topological polar surface area (TPSA) is 30.9 Å². The molecule has 1 heterocycles. The Morgan fingerprint density at radius 2 is 1.85 bits per heavy atom. The molecule has 0 spiro atoms. The van der Waals surface area contributed by atoms with Gasteiger partial charge in [-0.05, 0) is 30.7 Å². The number of hydrogen-bond donors (Lipinski definition) is 1. The first-order valence-corrected chi connectivity index (χ1v) is 6.65. The summed E-state index contributed by atoms with van der Waals surface area (Å²) in [6, 6.07) is 14.9. The second kappa shape index (κ2) is 5.70. The van der Waals surface area contributed by atoms with Crippen molar-refractivity contribution >= 4 is 34.2 Å². The molecule has 1 atom stereocenters. The molecule has 3 heteroatoms. The maximum Gasteiger partial charge on any atom is 0.0491 e. The fourth-order valence-electron chi connectivity index (χ4n) is 2.76. The summed E-state index contributed by atoms with van der Waals surface area (Å²) in [5.41, 5.74) is 9.71. The van der Waals surface area contributed by atoms with Crippen LogP contribution in [0.4, 0.5) is 0 Å². The van der Waals surface area contributed by atoms with E-state index in [1.165, 1.54) is 21.8 Å². The maximum absolute atomic E-state index is 6.04. The van der Waals surface area contributed by atoms with Gasteiger partial charge in [0.1, 0.15) is 0 Å². The van der Waals surface area contributed by atoms with E-state index in [1.54, 1.807) is 6.08 Å². The SMILES string of the molecule is C=C[C@@H](N)c1ccc2c(c1)c1ccccc1n2CC.Cl. The van der Waals surface area contributed by atoms with Crippen LogP contribution >= 0.6 is 12.4 Å². The second-order valence-corrected chi connectivity index (χ2v) is 4.80. The van der Waals surface area contributed by atoms with Crippen LogP contribution in [0.5, 0.6) is 0 Å². The number of benzene rings is 2. The van der Waals surface area contributed by atoms with Crippen molar-refractivity contribution in [3.8, 4) is 0 Å². The summed E-state index contributed by atoms with van der Waals surface area (Å²) in [5, 5.41) is 2.56. The molecular formula is C17H19ClN2. The summed E-state index contributed by atoms with van der Waals surface area (Å²) in [4.78, 5) is 0. The summed E-state index contributed by atoms with van der Waals surface area (Å²) >= 11 is 0. The van der Waals surface area contributed by atoms with Gasteiger partial charge in [0.2, 0.25) is 0 Å². The van der Waals surface area contributed by atoms with Gasteiger partial charge in [0.25, 0.3) is 0 Å². The molecule has 0 amide bonds. The predicted octanol–water partition coefficient (Wildman–Crippen LogP) is 4.42. The molecule has 3 aromatic rings. The minimum absolute atomic E-state index is 0. The highest BCUT2D eigenvalue weighted by Crippen LogP contribution is 2.30. The number of aryl methyl sites for hydroxylation is 1. The Morgan fingerprint density at radius 1 is 1.15 bits per heavy atom. The summed E-state index contributed by atoms with van der Waals surface area (Å²) in [6.45, 7) is 6.92. The fraction of sp³-hybridized carbons (Fsp3) is 0.176. The quantitative estimate of drug-likeness (QED) is 0.710. The molecule has 0 unspecified atom stereocenters. The van der Waals surface area contributed by atoms with E-state index in [-0.39, 0.29) is 18.4 Å². The minimum atomic E-state index is -0.104. The molecule has 0 aliphatic carbocycles. The van der Waals surface area contributed by atoms with Gasteiger partial charge in [-0.25, -0.2) is 0 Å². The van der Waals surface area contributed by atoms with E-state index in [9.17, 15) is 0 Å². The Bertz CT molecular complexity index is 758. The van der Waals surface area contributed by atoms with Crippen molar-refractivity contribution < 1.29 is 0 Å². The third kappa shape index (κ3) is 2.11. The molecule has 0 fully saturated rings. The lowest BCUT2D eigenvalue weighted by molar-refractivity contribution is 0.826. The molecule has 1 aromatic heterocycles. The fourth-order valence-corrected chi connectivity index (χ4v) is 2.76. The monoisotopic (exact) mass is 286 g/mol. The number of aromatic nitrogens is 1. The van der Waals surface area contributed by atoms with Crippen LogP contribution in [0.3, 0.4) is 0 Å². The molecule has 2 nitrogen and oxygen atoms in total. The van der Waals surface area contributed by atoms with Crippen LogP contribution in [-0.2, 0) is 6.54 Å². The first-order chi connectivity index (χ1) is 9.26. The van der Waals surface area contributed by atoms with Gasteiger partial charge in [-0.3, -0.25) is 0 Å². The zero-order valence-corrected chi connectivity index (χ0v) is 12.4. The molecule has 0 bridgehead atoms. The van der Waals surface area contributed by atoms with Gasteiger partial charge in [0, 0.05) is 34.4 Å². The molecule has 3 rings (SSSR count). The lowest BCUT2D eigenvalue weighted by Crippen LogP contribution is -2.06. The maximum atomic E-state index is 6.04. The van der Waals surface area contributed by atoms with E-state index in [4.69, 9.17) is 5.73 Å². The van der Waals surface area contributed by atoms with Gasteiger partial charge in [0.05, 0.1) is 0 Å². The Kier molecular flexibility index (Phi) is 4.17. The van der Waals surface area contributed by atoms with E-state index in [0.717, 1.165) is 12.1 Å². The molecule has 20 heavy (non-hydrogen) atoms. The van der Waals surface area contributed by atoms with Crippen LogP contribution in [0.2, 0.25) is 0 Å². The smallest absolute Gasteiger partial charge is 0.0491 e. The van der Waals surface area contributed by atoms with Crippen LogP contribution in [0.25, 0.3) is 21.8 Å². The number of rotatable bonds is 3. The molecule has 0 saturated carbocycles. The number of hydrogen-bond acceptors (Lipinski definition) is 1. The van der Waals surface area contributed by atoms with Gasteiger partial charge in [-0.15, -0.1) is 19.0 Å². The number of nitrogens with zero attached hydrogens (tertiary/aromatic N) is 1. The molecule has 2 N–H and O–H groups in total. The summed E-state index contributed by atoms with van der Waals surface area (Å²) in [7, 11) is 0. The lowest BCUT2D eigenvalue weighted by atomic mass is 10.0. The van der Waals surface area contributed by atoms with Crippen molar-refractivity contribution in [2.75, 3.05) is 0 Å². The van der Waals surface area contributed by atoms with E-state index in [1.807, 2.05) is 0 Å². The largest absolute Gasteiger partial charge is 0.341 e. The lowest BCUT2D eigenvalue weighted by Gasteiger charge is -2.07. The standard InChI is InChI=1S/C17H18N2.ClH/c1-3-15(18)12-9-10-17-14(11-12)13-7-5-6-8-16(13)19(17)4-2;/h3,5-11,15H,1,4,18H2,2H3;1H/t15-;/m1./s1. The second-order valence-electron chi connectivity index (χ2n) is 4.80. The summed E-state index contributed by atoms with van der Waals surface area (Å²) < 4.78 is 2.34. The number of halogens is 1. The molecule has 0 aliphatic heterocycles. The number of fused-ring (bicyclic) bond motifs is 3. The van der Waals surface area contributed by atoms with E-state index < -0.39 is 0 Å². The molecule has 104 valence electrons. The molecule has 0 aliphatic rings. The first kappa shape index (κ1) is 14.6. The van der Waals surface area contributed by atoms with Crippen molar-refractivity contribution in [2.24, 2.45) is 5.73 Å². The zero-order valence-electron chi connectivity index (χ0n) is 11.5. The number of para-hydroxylation sites is 1. The van der Waals surface area contributed by atoms with Crippen molar-refractivity contribution in [3.05, 3.63) is 60.7 Å². The highest BCUT2D eigenvalue weighted by atomic mass is 35.5. The third-order valence-electron chi connectivity index (χ3n) is 3.75. The highest BCUT2D eigenvalue weighted by Gasteiger charge is 2.10.